The Balaban J connectivity index is 2.27. The number of carbonyl (C=O) groups is 1. The van der Waals surface area contributed by atoms with E-state index in [-0.39, 0.29) is 11.7 Å². The maximum Gasteiger partial charge on any atom is 0.291 e. The molecule has 0 aliphatic rings. The van der Waals surface area contributed by atoms with Crippen molar-refractivity contribution in [2.45, 2.75) is 13.0 Å². The smallest absolute Gasteiger partial charge is 0.291 e. The van der Waals surface area contributed by atoms with Crippen molar-refractivity contribution in [2.24, 2.45) is 0 Å². The summed E-state index contributed by atoms with van der Waals surface area (Å²) in [4.78, 5) is 11.9. The highest BCUT2D eigenvalue weighted by Gasteiger charge is 2.13. The first-order valence-electron chi connectivity index (χ1n) is 5.82. The van der Waals surface area contributed by atoms with Gasteiger partial charge in [0.2, 0.25) is 0 Å². The number of rotatable bonds is 4. The van der Waals surface area contributed by atoms with Gasteiger partial charge in [-0.25, -0.2) is 0 Å². The van der Waals surface area contributed by atoms with Gasteiger partial charge in [-0.15, -0.1) is 0 Å². The molecule has 1 amide bonds. The molecule has 2 aromatic rings. The van der Waals surface area contributed by atoms with Crippen LogP contribution >= 0.6 is 0 Å². The second kappa shape index (κ2) is 5.58. The zero-order valence-corrected chi connectivity index (χ0v) is 10.7. The Morgan fingerprint density at radius 3 is 2.79 bits per heavy atom. The van der Waals surface area contributed by atoms with Gasteiger partial charge < -0.3 is 19.6 Å². The number of ether oxygens (including phenoxy) is 1. The summed E-state index contributed by atoms with van der Waals surface area (Å²) < 4.78 is 10.2. The number of methoxy groups -OCH3 is 1. The van der Waals surface area contributed by atoms with E-state index in [1.54, 1.807) is 37.3 Å². The average Bonchev–Trinajstić information content (AvgIpc) is 2.92. The van der Waals surface area contributed by atoms with E-state index < -0.39 is 6.10 Å². The number of aliphatic hydroxyl groups excluding tert-OH is 1. The largest absolute Gasteiger partial charge is 0.495 e. The van der Waals surface area contributed by atoms with Crippen molar-refractivity contribution in [1.82, 2.24) is 0 Å². The van der Waals surface area contributed by atoms with Crippen LogP contribution in [0.1, 0.15) is 29.1 Å². The van der Waals surface area contributed by atoms with Gasteiger partial charge in [-0.1, -0.05) is 6.07 Å². The predicted octanol–water partition coefficient (Wildman–Crippen LogP) is 2.59. The third kappa shape index (κ3) is 2.95. The number of nitrogens with one attached hydrogen (secondary N) is 1. The third-order valence-electron chi connectivity index (χ3n) is 2.70. The lowest BCUT2D eigenvalue weighted by Gasteiger charge is -2.12. The molecule has 1 aromatic carbocycles. The van der Waals surface area contributed by atoms with Gasteiger partial charge in [-0.3, -0.25) is 4.79 Å². The maximum atomic E-state index is 11.9. The lowest BCUT2D eigenvalue weighted by Crippen LogP contribution is -2.12. The van der Waals surface area contributed by atoms with Crippen LogP contribution in [0, 0.1) is 0 Å². The first-order chi connectivity index (χ1) is 9.11. The summed E-state index contributed by atoms with van der Waals surface area (Å²) >= 11 is 0. The Labute approximate surface area is 110 Å². The number of hydrogen-bond acceptors (Lipinski definition) is 4. The number of anilines is 1. The Bertz CT molecular complexity index is 561. The fourth-order valence-electron chi connectivity index (χ4n) is 1.67. The molecule has 0 saturated carbocycles. The molecule has 1 heterocycles. The number of carbonyl (C=O) groups excluding carboxylic acids is 1. The minimum atomic E-state index is -0.620. The maximum absolute atomic E-state index is 11.9. The molecule has 5 nitrogen and oxygen atoms in total. The molecule has 0 bridgehead atoms. The molecule has 1 aromatic heterocycles. The van der Waals surface area contributed by atoms with E-state index in [4.69, 9.17) is 9.15 Å². The molecule has 2 N–H and O–H groups in total. The number of aliphatic hydroxyl groups is 1. The van der Waals surface area contributed by atoms with Crippen LogP contribution in [0.25, 0.3) is 0 Å². The highest BCUT2D eigenvalue weighted by Crippen LogP contribution is 2.28. The van der Waals surface area contributed by atoms with Crippen LogP contribution in [0.5, 0.6) is 5.75 Å². The minimum Gasteiger partial charge on any atom is -0.495 e. The molecule has 0 fully saturated rings. The van der Waals surface area contributed by atoms with Crippen molar-refractivity contribution in [3.05, 3.63) is 47.9 Å². The molecule has 2 rings (SSSR count). The SMILES string of the molecule is COc1ccc([C@@H](C)O)cc1NC(=O)c1ccco1. The van der Waals surface area contributed by atoms with Crippen LogP contribution in [0.2, 0.25) is 0 Å². The molecule has 0 spiro atoms. The first-order valence-corrected chi connectivity index (χ1v) is 5.82. The molecule has 0 radical (unpaired) electrons. The summed E-state index contributed by atoms with van der Waals surface area (Å²) in [5.41, 5.74) is 1.18. The fraction of sp³-hybridized carbons (Fsp3) is 0.214. The summed E-state index contributed by atoms with van der Waals surface area (Å²) in [6.07, 6.45) is 0.809. The van der Waals surface area contributed by atoms with Gasteiger partial charge >= 0.3 is 0 Å². The van der Waals surface area contributed by atoms with E-state index >= 15 is 0 Å². The van der Waals surface area contributed by atoms with Gasteiger partial charge in [0.15, 0.2) is 5.76 Å². The molecule has 0 saturated heterocycles. The average molecular weight is 261 g/mol. The topological polar surface area (TPSA) is 71.7 Å². The van der Waals surface area contributed by atoms with Gasteiger partial charge in [0, 0.05) is 0 Å². The van der Waals surface area contributed by atoms with E-state index in [0.29, 0.717) is 17.0 Å². The second-order valence-electron chi connectivity index (χ2n) is 4.07. The molecule has 5 heteroatoms. The van der Waals surface area contributed by atoms with Crippen molar-refractivity contribution >= 4 is 11.6 Å². The normalized spacial score (nSPS) is 11.9. The van der Waals surface area contributed by atoms with Gasteiger partial charge in [0.25, 0.3) is 5.91 Å². The Morgan fingerprint density at radius 1 is 1.42 bits per heavy atom. The van der Waals surface area contributed by atoms with E-state index in [1.807, 2.05) is 0 Å². The summed E-state index contributed by atoms with van der Waals surface area (Å²) in [5.74, 6) is 0.361. The zero-order valence-electron chi connectivity index (χ0n) is 10.7. The predicted molar refractivity (Wildman–Crippen MR) is 70.3 cm³/mol. The van der Waals surface area contributed by atoms with E-state index in [0.717, 1.165) is 0 Å². The van der Waals surface area contributed by atoms with Crippen LogP contribution in [-0.4, -0.2) is 18.1 Å². The summed E-state index contributed by atoms with van der Waals surface area (Å²) in [7, 11) is 1.51. The molecular formula is C14H15NO4. The lowest BCUT2D eigenvalue weighted by atomic mass is 10.1. The fourth-order valence-corrected chi connectivity index (χ4v) is 1.67. The monoisotopic (exact) mass is 261 g/mol. The van der Waals surface area contributed by atoms with Crippen LogP contribution in [0.3, 0.4) is 0 Å². The minimum absolute atomic E-state index is 0.213. The highest BCUT2D eigenvalue weighted by atomic mass is 16.5. The Hall–Kier alpha value is -2.27. The van der Waals surface area contributed by atoms with Crippen LogP contribution in [0.15, 0.2) is 41.0 Å². The molecule has 19 heavy (non-hydrogen) atoms. The third-order valence-corrected chi connectivity index (χ3v) is 2.70. The quantitative estimate of drug-likeness (QED) is 0.887. The molecule has 1 atom stereocenters. The van der Waals surface area contributed by atoms with Crippen molar-refractivity contribution in [1.29, 1.82) is 0 Å². The van der Waals surface area contributed by atoms with Crippen molar-refractivity contribution in [3.63, 3.8) is 0 Å². The lowest BCUT2D eigenvalue weighted by molar-refractivity contribution is 0.0996. The van der Waals surface area contributed by atoms with E-state index in [1.165, 1.54) is 13.4 Å². The summed E-state index contributed by atoms with van der Waals surface area (Å²) in [6, 6.07) is 8.31. The molecule has 0 aliphatic carbocycles. The Morgan fingerprint density at radius 2 is 2.21 bits per heavy atom. The van der Waals surface area contributed by atoms with E-state index in [9.17, 15) is 9.90 Å². The molecule has 0 aliphatic heterocycles. The van der Waals surface area contributed by atoms with Crippen molar-refractivity contribution < 1.29 is 19.1 Å². The Kier molecular flexibility index (Phi) is 3.87. The number of amides is 1. The van der Waals surface area contributed by atoms with Gasteiger partial charge in [-0.05, 0) is 36.8 Å². The summed E-state index contributed by atoms with van der Waals surface area (Å²) in [5, 5.41) is 12.2. The summed E-state index contributed by atoms with van der Waals surface area (Å²) in [6.45, 7) is 1.65. The first kappa shape index (κ1) is 13.2. The standard InChI is InChI=1S/C14H15NO4/c1-9(16)10-5-6-12(18-2)11(8-10)15-14(17)13-4-3-7-19-13/h3-9,16H,1-2H3,(H,15,17)/t9-/m1/s1. The van der Waals surface area contributed by atoms with Crippen LogP contribution in [-0.2, 0) is 0 Å². The van der Waals surface area contributed by atoms with Crippen LogP contribution in [0.4, 0.5) is 5.69 Å². The van der Waals surface area contributed by atoms with Crippen molar-refractivity contribution in [3.8, 4) is 5.75 Å². The van der Waals surface area contributed by atoms with E-state index in [2.05, 4.69) is 5.32 Å². The molecule has 100 valence electrons. The second-order valence-corrected chi connectivity index (χ2v) is 4.07. The zero-order chi connectivity index (χ0) is 13.8. The molecule has 0 unspecified atom stereocenters. The van der Waals surface area contributed by atoms with Crippen LogP contribution < -0.4 is 10.1 Å². The van der Waals surface area contributed by atoms with Crippen molar-refractivity contribution in [2.75, 3.05) is 12.4 Å². The van der Waals surface area contributed by atoms with Gasteiger partial charge in [-0.2, -0.15) is 0 Å². The number of hydrogen-bond donors (Lipinski definition) is 2. The number of furan rings is 1. The van der Waals surface area contributed by atoms with Gasteiger partial charge in [0.05, 0.1) is 25.2 Å². The number of benzene rings is 1. The highest BCUT2D eigenvalue weighted by molar-refractivity contribution is 6.03. The molecular weight excluding hydrogens is 246 g/mol. The van der Waals surface area contributed by atoms with Gasteiger partial charge in [0.1, 0.15) is 5.75 Å².